The summed E-state index contributed by atoms with van der Waals surface area (Å²) in [5.74, 6) is -0.517. The highest BCUT2D eigenvalue weighted by Crippen LogP contribution is 2.43. The van der Waals surface area contributed by atoms with Gasteiger partial charge in [-0.1, -0.05) is 86.0 Å². The standard InChI is InChI=1S/C38H33N2O/c1-25-13-19-32-33-20-18-31(24-39)36(29-16-14-28(15-17-29)26-9-5-3-6-10-26)38(33)41-37(32)35(25)34-23-30(21-22-40(34)2)27-11-7-4-8-12-27/h4,7-8,11-23,26H,3,5-6,9-10H2,1-2H3/q+1/i26D. The molecule has 7 rings (SSSR count). The third-order valence-electron chi connectivity index (χ3n) is 8.69. The van der Waals surface area contributed by atoms with Gasteiger partial charge >= 0.3 is 0 Å². The van der Waals surface area contributed by atoms with Gasteiger partial charge in [0.2, 0.25) is 5.69 Å². The topological polar surface area (TPSA) is 40.8 Å². The summed E-state index contributed by atoms with van der Waals surface area (Å²) in [4.78, 5) is 0. The van der Waals surface area contributed by atoms with Crippen LogP contribution in [0.5, 0.6) is 0 Å². The first kappa shape index (κ1) is 24.1. The molecule has 2 aromatic heterocycles. The lowest BCUT2D eigenvalue weighted by Gasteiger charge is -2.22. The molecule has 200 valence electrons. The maximum Gasteiger partial charge on any atom is 0.216 e. The predicted molar refractivity (Wildman–Crippen MR) is 166 cm³/mol. The molecule has 1 fully saturated rings. The van der Waals surface area contributed by atoms with Crippen LogP contribution in [-0.4, -0.2) is 0 Å². The summed E-state index contributed by atoms with van der Waals surface area (Å²) in [6, 6.07) is 33.7. The van der Waals surface area contributed by atoms with Crippen molar-refractivity contribution >= 4 is 21.9 Å². The van der Waals surface area contributed by atoms with Gasteiger partial charge in [-0.05, 0) is 65.6 Å². The molecule has 0 saturated heterocycles. The Morgan fingerprint density at radius 2 is 1.49 bits per heavy atom. The predicted octanol–water partition coefficient (Wildman–Crippen LogP) is 9.64. The van der Waals surface area contributed by atoms with Crippen LogP contribution in [0.4, 0.5) is 0 Å². The Morgan fingerprint density at radius 1 is 0.780 bits per heavy atom. The third-order valence-corrected chi connectivity index (χ3v) is 8.69. The maximum absolute atomic E-state index is 10.1. The first-order valence-corrected chi connectivity index (χ1v) is 14.5. The second-order valence-electron chi connectivity index (χ2n) is 11.2. The minimum absolute atomic E-state index is 0.517. The number of furan rings is 1. The number of hydrogen-bond donors (Lipinski definition) is 0. The molecule has 2 heterocycles. The molecule has 1 aliphatic rings. The van der Waals surface area contributed by atoms with Crippen LogP contribution in [0.1, 0.15) is 56.1 Å². The van der Waals surface area contributed by atoms with E-state index in [1.807, 2.05) is 18.2 Å². The molecule has 0 bridgehead atoms. The maximum atomic E-state index is 10.1. The van der Waals surface area contributed by atoms with E-state index in [0.29, 0.717) is 5.56 Å². The molecule has 0 spiro atoms. The Morgan fingerprint density at radius 3 is 2.22 bits per heavy atom. The minimum Gasteiger partial charge on any atom is -0.454 e. The van der Waals surface area contributed by atoms with Gasteiger partial charge in [0, 0.05) is 29.8 Å². The summed E-state index contributed by atoms with van der Waals surface area (Å²) in [6.07, 6.45) is 7.34. The van der Waals surface area contributed by atoms with Crippen LogP contribution >= 0.6 is 0 Å². The lowest BCUT2D eigenvalue weighted by atomic mass is 9.83. The van der Waals surface area contributed by atoms with E-state index < -0.39 is 5.89 Å². The zero-order valence-electron chi connectivity index (χ0n) is 24.6. The van der Waals surface area contributed by atoms with Crippen molar-refractivity contribution in [2.75, 3.05) is 0 Å². The highest BCUT2D eigenvalue weighted by Gasteiger charge is 2.24. The number of aryl methyl sites for hydroxylation is 2. The van der Waals surface area contributed by atoms with Gasteiger partial charge in [-0.15, -0.1) is 0 Å². The highest BCUT2D eigenvalue weighted by molar-refractivity contribution is 6.14. The van der Waals surface area contributed by atoms with Crippen molar-refractivity contribution in [2.45, 2.75) is 44.9 Å². The number of benzene rings is 4. The van der Waals surface area contributed by atoms with Gasteiger partial charge in [-0.25, -0.2) is 4.57 Å². The molecule has 1 saturated carbocycles. The van der Waals surface area contributed by atoms with Crippen molar-refractivity contribution in [3.05, 3.63) is 114 Å². The first-order chi connectivity index (χ1) is 20.5. The Balaban J connectivity index is 1.42. The van der Waals surface area contributed by atoms with Gasteiger partial charge in [0.05, 0.1) is 17.2 Å². The van der Waals surface area contributed by atoms with Crippen molar-refractivity contribution in [2.24, 2.45) is 7.05 Å². The second-order valence-corrected chi connectivity index (χ2v) is 11.2. The second kappa shape index (κ2) is 10.4. The number of pyridine rings is 1. The van der Waals surface area contributed by atoms with E-state index in [1.165, 1.54) is 12.0 Å². The van der Waals surface area contributed by atoms with Crippen LogP contribution in [0.25, 0.3) is 55.4 Å². The largest absolute Gasteiger partial charge is 0.454 e. The van der Waals surface area contributed by atoms with Gasteiger partial charge in [-0.3, -0.25) is 0 Å². The van der Waals surface area contributed by atoms with Crippen molar-refractivity contribution in [3.63, 3.8) is 0 Å². The molecule has 1 aliphatic carbocycles. The Bertz CT molecular complexity index is 1990. The molecule has 3 nitrogen and oxygen atoms in total. The number of nitriles is 1. The number of hydrogen-bond acceptors (Lipinski definition) is 2. The summed E-state index contributed by atoms with van der Waals surface area (Å²) in [6.45, 7) is 2.12. The van der Waals surface area contributed by atoms with E-state index >= 15 is 0 Å². The Labute approximate surface area is 242 Å². The van der Waals surface area contributed by atoms with Crippen molar-refractivity contribution in [1.29, 1.82) is 5.26 Å². The molecular weight excluding hydrogens is 500 g/mol. The van der Waals surface area contributed by atoms with E-state index in [-0.39, 0.29) is 0 Å². The van der Waals surface area contributed by atoms with E-state index in [1.54, 1.807) is 0 Å². The average molecular weight is 535 g/mol. The molecule has 0 unspecified atom stereocenters. The summed E-state index contributed by atoms with van der Waals surface area (Å²) in [5.41, 5.74) is 10.5. The fourth-order valence-corrected chi connectivity index (χ4v) is 6.47. The zero-order chi connectivity index (χ0) is 28.8. The molecule has 4 aromatic carbocycles. The zero-order valence-corrected chi connectivity index (χ0v) is 23.6. The molecule has 41 heavy (non-hydrogen) atoms. The lowest BCUT2D eigenvalue weighted by Crippen LogP contribution is -2.30. The molecular formula is C38H33N2O+. The first-order valence-electron chi connectivity index (χ1n) is 15.0. The van der Waals surface area contributed by atoms with Crippen LogP contribution in [0.15, 0.2) is 102 Å². The molecule has 0 amide bonds. The van der Waals surface area contributed by atoms with Gasteiger partial charge in [0.1, 0.15) is 18.2 Å². The molecule has 3 heteroatoms. The van der Waals surface area contributed by atoms with Gasteiger partial charge < -0.3 is 4.42 Å². The molecule has 0 N–H and O–H groups in total. The normalized spacial score (nSPS) is 15.1. The van der Waals surface area contributed by atoms with E-state index in [4.69, 9.17) is 5.79 Å². The van der Waals surface area contributed by atoms with Crippen molar-refractivity contribution < 1.29 is 10.4 Å². The van der Waals surface area contributed by atoms with Crippen LogP contribution in [0.2, 0.25) is 0 Å². The Kier molecular flexibility index (Phi) is 6.11. The fourth-order valence-electron chi connectivity index (χ4n) is 6.47. The van der Waals surface area contributed by atoms with Crippen LogP contribution in [0.3, 0.4) is 0 Å². The minimum atomic E-state index is -0.517. The van der Waals surface area contributed by atoms with Crippen molar-refractivity contribution in [3.8, 4) is 39.6 Å². The summed E-state index contributed by atoms with van der Waals surface area (Å²) in [7, 11) is 2.07. The molecule has 6 aromatic rings. The molecule has 0 radical (unpaired) electrons. The van der Waals surface area contributed by atoms with Gasteiger partial charge in [0.15, 0.2) is 6.20 Å². The lowest BCUT2D eigenvalue weighted by molar-refractivity contribution is -0.660. The van der Waals surface area contributed by atoms with Crippen LogP contribution < -0.4 is 4.57 Å². The monoisotopic (exact) mass is 534 g/mol. The number of aromatic nitrogens is 1. The van der Waals surface area contributed by atoms with Crippen LogP contribution in [0, 0.1) is 18.3 Å². The average Bonchev–Trinajstić information content (AvgIpc) is 3.40. The molecule has 0 atom stereocenters. The fraction of sp³-hybridized carbons (Fsp3) is 0.211. The highest BCUT2D eigenvalue weighted by atomic mass is 16.3. The van der Waals surface area contributed by atoms with Crippen molar-refractivity contribution in [1.82, 2.24) is 0 Å². The van der Waals surface area contributed by atoms with E-state index in [0.717, 1.165) is 86.7 Å². The van der Waals surface area contributed by atoms with Crippen LogP contribution in [-0.2, 0) is 7.05 Å². The number of fused-ring (bicyclic) bond motifs is 3. The van der Waals surface area contributed by atoms with E-state index in [9.17, 15) is 5.26 Å². The summed E-state index contributed by atoms with van der Waals surface area (Å²) >= 11 is 0. The summed E-state index contributed by atoms with van der Waals surface area (Å²) < 4.78 is 18.0. The number of rotatable bonds is 4. The quantitative estimate of drug-likeness (QED) is 0.211. The smallest absolute Gasteiger partial charge is 0.216 e. The summed E-state index contributed by atoms with van der Waals surface area (Å²) in [5, 5.41) is 12.2. The SMILES string of the molecule is [2H]C1(c2ccc(-c3c(C#N)ccc4c3oc3c(-c5cc(-c6ccccc6)cc[n+]5C)c(C)ccc34)cc2)CCCCC1. The Hall–Kier alpha value is -4.68. The van der Waals surface area contributed by atoms with Gasteiger partial charge in [0.25, 0.3) is 0 Å². The molecule has 0 aliphatic heterocycles. The number of nitrogens with zero attached hydrogens (tertiary/aromatic N) is 2. The van der Waals surface area contributed by atoms with E-state index in [2.05, 4.69) is 104 Å². The third kappa shape index (κ3) is 4.41. The van der Waals surface area contributed by atoms with Gasteiger partial charge in [-0.2, -0.15) is 5.26 Å².